The molecule has 0 atom stereocenters. The van der Waals surface area contributed by atoms with E-state index in [1.165, 1.54) is 0 Å². The third kappa shape index (κ3) is 4.32. The van der Waals surface area contributed by atoms with Gasteiger partial charge in [0.15, 0.2) is 11.5 Å². The fourth-order valence-electron chi connectivity index (χ4n) is 2.88. The van der Waals surface area contributed by atoms with Gasteiger partial charge in [0.05, 0.1) is 6.61 Å². The van der Waals surface area contributed by atoms with E-state index in [4.69, 9.17) is 14.9 Å². The lowest BCUT2D eigenvalue weighted by Crippen LogP contribution is -2.05. The van der Waals surface area contributed by atoms with Crippen LogP contribution in [-0.2, 0) is 11.3 Å². The van der Waals surface area contributed by atoms with Crippen molar-refractivity contribution in [1.29, 1.82) is 0 Å². The van der Waals surface area contributed by atoms with Crippen molar-refractivity contribution >= 4 is 23.7 Å². The average Bonchev–Trinajstić information content (AvgIpc) is 3.22. The first kappa shape index (κ1) is 19.4. The number of ether oxygens (including phenoxy) is 1. The van der Waals surface area contributed by atoms with Crippen molar-refractivity contribution in [2.24, 2.45) is 15.7 Å². The molecule has 0 spiro atoms. The number of benzene rings is 1. The molecule has 7 heteroatoms. The first-order chi connectivity index (χ1) is 13.6. The van der Waals surface area contributed by atoms with Crippen LogP contribution in [0.1, 0.15) is 42.7 Å². The molecule has 144 valence electrons. The van der Waals surface area contributed by atoms with E-state index in [1.807, 2.05) is 37.3 Å². The van der Waals surface area contributed by atoms with Crippen molar-refractivity contribution in [1.82, 2.24) is 10.2 Å². The molecule has 3 rings (SSSR count). The molecule has 28 heavy (non-hydrogen) atoms. The lowest BCUT2D eigenvalue weighted by molar-refractivity contribution is 0.185. The summed E-state index contributed by atoms with van der Waals surface area (Å²) >= 11 is 0. The molecule has 0 unspecified atom stereocenters. The highest BCUT2D eigenvalue weighted by atomic mass is 16.5. The van der Waals surface area contributed by atoms with Gasteiger partial charge in [-0.15, -0.1) is 10.2 Å². The highest BCUT2D eigenvalue weighted by Gasteiger charge is 2.17. The summed E-state index contributed by atoms with van der Waals surface area (Å²) < 4.78 is 11.1. The van der Waals surface area contributed by atoms with Gasteiger partial charge in [0.25, 0.3) is 5.89 Å². The lowest BCUT2D eigenvalue weighted by Gasteiger charge is -2.09. The number of nitrogens with zero attached hydrogens (tertiary/aromatic N) is 4. The van der Waals surface area contributed by atoms with Gasteiger partial charge in [0.2, 0.25) is 5.89 Å². The molecule has 0 aliphatic heterocycles. The molecule has 0 fully saturated rings. The number of nitrogens with two attached hydrogens (primary N) is 1. The van der Waals surface area contributed by atoms with Crippen LogP contribution in [0.2, 0.25) is 0 Å². The minimum absolute atomic E-state index is 0.118. The Hall–Kier alpha value is -3.32. The summed E-state index contributed by atoms with van der Waals surface area (Å²) in [4.78, 5) is 8.45. The molecule has 0 radical (unpaired) electrons. The Labute approximate surface area is 164 Å². The summed E-state index contributed by atoms with van der Waals surface area (Å²) in [5, 5.41) is 8.24. The van der Waals surface area contributed by atoms with E-state index in [2.05, 4.69) is 39.1 Å². The SMILES string of the molecule is C=N/C(N)=C(\N=C(/C)c1ccccc1COC)c1nnc(C2=CCCC=C2)o1. The summed E-state index contributed by atoms with van der Waals surface area (Å²) in [5.74, 6) is 0.739. The smallest absolute Gasteiger partial charge is 0.270 e. The molecule has 1 aromatic heterocycles. The molecule has 1 aliphatic carbocycles. The van der Waals surface area contributed by atoms with E-state index in [1.54, 1.807) is 7.11 Å². The molecular weight excluding hydrogens is 354 g/mol. The minimum Gasteiger partial charge on any atom is -0.414 e. The second-order valence-electron chi connectivity index (χ2n) is 6.23. The quantitative estimate of drug-likeness (QED) is 0.741. The zero-order valence-corrected chi connectivity index (χ0v) is 16.1. The van der Waals surface area contributed by atoms with Crippen LogP contribution < -0.4 is 5.73 Å². The number of allylic oxidation sites excluding steroid dienone is 4. The van der Waals surface area contributed by atoms with Crippen molar-refractivity contribution in [3.63, 3.8) is 0 Å². The predicted molar refractivity (Wildman–Crippen MR) is 111 cm³/mol. The molecule has 1 aromatic carbocycles. The zero-order valence-electron chi connectivity index (χ0n) is 16.1. The Bertz CT molecular complexity index is 982. The maximum atomic E-state index is 6.02. The van der Waals surface area contributed by atoms with E-state index in [0.717, 1.165) is 35.3 Å². The number of rotatable bonds is 7. The fraction of sp³-hybridized carbons (Fsp3) is 0.238. The van der Waals surface area contributed by atoms with Crippen LogP contribution in [0.15, 0.2) is 62.7 Å². The van der Waals surface area contributed by atoms with Crippen LogP contribution in [0.4, 0.5) is 0 Å². The van der Waals surface area contributed by atoms with Gasteiger partial charge in [-0.1, -0.05) is 42.5 Å². The predicted octanol–water partition coefficient (Wildman–Crippen LogP) is 3.74. The molecular formula is C21H23N5O2. The van der Waals surface area contributed by atoms with Gasteiger partial charge >= 0.3 is 0 Å². The van der Waals surface area contributed by atoms with Crippen LogP contribution in [0.5, 0.6) is 0 Å². The van der Waals surface area contributed by atoms with E-state index < -0.39 is 0 Å². The molecule has 2 N–H and O–H groups in total. The van der Waals surface area contributed by atoms with Crippen molar-refractivity contribution < 1.29 is 9.15 Å². The molecule has 1 aliphatic rings. The van der Waals surface area contributed by atoms with Crippen molar-refractivity contribution in [3.05, 3.63) is 71.2 Å². The largest absolute Gasteiger partial charge is 0.414 e. The second kappa shape index (κ2) is 9.05. The van der Waals surface area contributed by atoms with Gasteiger partial charge < -0.3 is 14.9 Å². The highest BCUT2D eigenvalue weighted by Crippen LogP contribution is 2.25. The topological polar surface area (TPSA) is 98.9 Å². The summed E-state index contributed by atoms with van der Waals surface area (Å²) in [6, 6.07) is 7.86. The summed E-state index contributed by atoms with van der Waals surface area (Å²) in [5.41, 5.74) is 9.88. The Kier molecular flexibility index (Phi) is 6.29. The Morgan fingerprint density at radius 1 is 1.29 bits per heavy atom. The molecule has 0 saturated carbocycles. The monoisotopic (exact) mass is 377 g/mol. The maximum Gasteiger partial charge on any atom is 0.270 e. The number of methoxy groups -OCH3 is 1. The molecule has 0 saturated heterocycles. The van der Waals surface area contributed by atoms with Gasteiger partial charge in [0, 0.05) is 24.0 Å². The van der Waals surface area contributed by atoms with Gasteiger partial charge in [-0.05, 0) is 32.0 Å². The van der Waals surface area contributed by atoms with E-state index >= 15 is 0 Å². The number of hydrogen-bond acceptors (Lipinski definition) is 7. The van der Waals surface area contributed by atoms with Crippen molar-refractivity contribution in [2.45, 2.75) is 26.4 Å². The van der Waals surface area contributed by atoms with E-state index in [-0.39, 0.29) is 11.7 Å². The van der Waals surface area contributed by atoms with Crippen LogP contribution in [0.25, 0.3) is 11.3 Å². The van der Waals surface area contributed by atoms with Crippen molar-refractivity contribution in [3.8, 4) is 0 Å². The highest BCUT2D eigenvalue weighted by molar-refractivity contribution is 6.02. The zero-order chi connectivity index (χ0) is 19.9. The van der Waals surface area contributed by atoms with Gasteiger partial charge in [-0.2, -0.15) is 0 Å². The Balaban J connectivity index is 2.00. The third-order valence-electron chi connectivity index (χ3n) is 4.27. The lowest BCUT2D eigenvalue weighted by atomic mass is 10.0. The van der Waals surface area contributed by atoms with Crippen LogP contribution >= 0.6 is 0 Å². The maximum absolute atomic E-state index is 6.02. The van der Waals surface area contributed by atoms with Crippen molar-refractivity contribution in [2.75, 3.05) is 7.11 Å². The average molecular weight is 377 g/mol. The fourth-order valence-corrected chi connectivity index (χ4v) is 2.88. The Morgan fingerprint density at radius 2 is 2.11 bits per heavy atom. The van der Waals surface area contributed by atoms with E-state index in [9.17, 15) is 0 Å². The Morgan fingerprint density at radius 3 is 2.82 bits per heavy atom. The normalized spacial score (nSPS) is 15.2. The minimum atomic E-state index is 0.118. The first-order valence-corrected chi connectivity index (χ1v) is 8.94. The van der Waals surface area contributed by atoms with Crippen LogP contribution in [-0.4, -0.2) is 29.7 Å². The standard InChI is InChI=1S/C21H23N5O2/c1-14(17-12-8-7-11-16(17)13-27-3)24-18(19(22)23-2)21-26-25-20(28-21)15-9-5-4-6-10-15/h5,7-12H,2,4,6,13,22H2,1,3H3/b19-18-,24-14+. The van der Waals surface area contributed by atoms with Gasteiger partial charge in [-0.25, -0.2) is 9.98 Å². The number of hydrogen-bond donors (Lipinski definition) is 1. The van der Waals surface area contributed by atoms with Crippen LogP contribution in [0.3, 0.4) is 0 Å². The van der Waals surface area contributed by atoms with Crippen LogP contribution in [0, 0.1) is 0 Å². The summed E-state index contributed by atoms with van der Waals surface area (Å²) in [6.07, 6.45) is 8.05. The molecule has 7 nitrogen and oxygen atoms in total. The molecule has 1 heterocycles. The summed E-state index contributed by atoms with van der Waals surface area (Å²) in [6.45, 7) is 5.85. The second-order valence-corrected chi connectivity index (χ2v) is 6.23. The molecule has 0 bridgehead atoms. The molecule has 2 aromatic rings. The number of aliphatic imine (C=N–C) groups is 2. The summed E-state index contributed by atoms with van der Waals surface area (Å²) in [7, 11) is 1.66. The van der Waals surface area contributed by atoms with Gasteiger partial charge in [0.1, 0.15) is 0 Å². The first-order valence-electron chi connectivity index (χ1n) is 8.94. The van der Waals surface area contributed by atoms with Gasteiger partial charge in [-0.3, -0.25) is 0 Å². The molecule has 0 amide bonds. The van der Waals surface area contributed by atoms with E-state index in [0.29, 0.717) is 18.2 Å². The number of aromatic nitrogens is 2. The third-order valence-corrected chi connectivity index (χ3v) is 4.27.